The molecule has 0 heterocycles. The topological polar surface area (TPSA) is 24.1 Å². The monoisotopic (exact) mass is 302 g/mol. The summed E-state index contributed by atoms with van der Waals surface area (Å²) in [6.07, 6.45) is 7.84. The summed E-state index contributed by atoms with van der Waals surface area (Å²) in [5.41, 5.74) is 0.486. The van der Waals surface area contributed by atoms with Crippen molar-refractivity contribution >= 4 is 0 Å². The molecule has 0 rings (SSSR count). The second-order valence-corrected chi connectivity index (χ2v) is 6.58. The lowest BCUT2D eigenvalue weighted by atomic mass is 9.91. The highest BCUT2D eigenvalue weighted by atomic mass is 14.9. The Morgan fingerprint density at radius 2 is 1.10 bits per heavy atom. The highest BCUT2D eigenvalue weighted by Crippen LogP contribution is 2.19. The maximum Gasteiger partial charge on any atom is 0.00767 e. The van der Waals surface area contributed by atoms with Gasteiger partial charge in [0.15, 0.2) is 0 Å². The fourth-order valence-corrected chi connectivity index (χ4v) is 1.67. The zero-order valence-electron chi connectivity index (χ0n) is 16.6. The number of unbranched alkanes of at least 4 members (excludes halogenated alkanes) is 2. The molecule has 0 atom stereocenters. The predicted octanol–water partition coefficient (Wildman–Crippen LogP) is 5.62. The molecule has 0 saturated heterocycles. The SMILES string of the molecule is CC.CCC.CCCCCNCCNCCCC(C)(C)C. The number of nitrogens with one attached hydrogen (secondary N) is 2. The van der Waals surface area contributed by atoms with Crippen LogP contribution in [0.4, 0.5) is 0 Å². The minimum absolute atomic E-state index is 0.486. The third-order valence-corrected chi connectivity index (χ3v) is 2.72. The molecule has 2 N–H and O–H groups in total. The summed E-state index contributed by atoms with van der Waals surface area (Å²) in [5.74, 6) is 0. The van der Waals surface area contributed by atoms with Crippen molar-refractivity contribution < 1.29 is 0 Å². The standard InChI is InChI=1S/C14H32N2.C3H8.C2H6/c1-5-6-7-10-15-12-13-16-11-8-9-14(2,3)4;1-3-2;1-2/h15-16H,5-13H2,1-4H3;3H2,1-2H3;1-2H3. The molecule has 132 valence electrons. The molecule has 0 aliphatic rings. The minimum atomic E-state index is 0.486. The Bertz CT molecular complexity index is 150. The molecule has 0 saturated carbocycles. The van der Waals surface area contributed by atoms with Gasteiger partial charge in [-0.2, -0.15) is 0 Å². The van der Waals surface area contributed by atoms with E-state index in [4.69, 9.17) is 0 Å². The largest absolute Gasteiger partial charge is 0.315 e. The smallest absolute Gasteiger partial charge is 0.00767 e. The normalized spacial score (nSPS) is 10.3. The van der Waals surface area contributed by atoms with Gasteiger partial charge >= 0.3 is 0 Å². The average molecular weight is 303 g/mol. The van der Waals surface area contributed by atoms with E-state index in [1.54, 1.807) is 0 Å². The molecular weight excluding hydrogens is 256 g/mol. The van der Waals surface area contributed by atoms with Gasteiger partial charge in [-0.1, -0.05) is 74.7 Å². The number of hydrogen-bond acceptors (Lipinski definition) is 2. The van der Waals surface area contributed by atoms with Gasteiger partial charge in [0.05, 0.1) is 0 Å². The van der Waals surface area contributed by atoms with Crippen LogP contribution < -0.4 is 10.6 Å². The van der Waals surface area contributed by atoms with E-state index in [9.17, 15) is 0 Å². The summed E-state index contributed by atoms with van der Waals surface area (Å²) in [5, 5.41) is 6.95. The average Bonchev–Trinajstić information content (AvgIpc) is 2.43. The maximum absolute atomic E-state index is 3.49. The van der Waals surface area contributed by atoms with Gasteiger partial charge in [0.1, 0.15) is 0 Å². The second kappa shape index (κ2) is 22.2. The molecule has 0 spiro atoms. The lowest BCUT2D eigenvalue weighted by molar-refractivity contribution is 0.361. The first-order chi connectivity index (χ1) is 9.97. The molecule has 0 aliphatic heterocycles. The third-order valence-electron chi connectivity index (χ3n) is 2.72. The third kappa shape index (κ3) is 38.3. The predicted molar refractivity (Wildman–Crippen MR) is 101 cm³/mol. The second-order valence-electron chi connectivity index (χ2n) is 6.58. The van der Waals surface area contributed by atoms with Crippen molar-refractivity contribution in [2.24, 2.45) is 5.41 Å². The Hall–Kier alpha value is -0.0800. The van der Waals surface area contributed by atoms with Crippen molar-refractivity contribution in [3.8, 4) is 0 Å². The molecule has 0 fully saturated rings. The number of hydrogen-bond donors (Lipinski definition) is 2. The van der Waals surface area contributed by atoms with E-state index in [0.29, 0.717) is 5.41 Å². The highest BCUT2D eigenvalue weighted by Gasteiger charge is 2.08. The Balaban J connectivity index is -0.000000569. The van der Waals surface area contributed by atoms with Crippen molar-refractivity contribution in [2.45, 2.75) is 93.9 Å². The molecule has 0 aromatic carbocycles. The van der Waals surface area contributed by atoms with Gasteiger partial charge in [-0.25, -0.2) is 0 Å². The maximum atomic E-state index is 3.49. The summed E-state index contributed by atoms with van der Waals surface area (Å²) in [4.78, 5) is 0. The summed E-state index contributed by atoms with van der Waals surface area (Å²) < 4.78 is 0. The zero-order chi connectivity index (χ0) is 17.0. The van der Waals surface area contributed by atoms with Crippen LogP contribution >= 0.6 is 0 Å². The van der Waals surface area contributed by atoms with Crippen molar-refractivity contribution in [1.29, 1.82) is 0 Å². The zero-order valence-corrected chi connectivity index (χ0v) is 16.6. The van der Waals surface area contributed by atoms with Crippen molar-refractivity contribution in [3.63, 3.8) is 0 Å². The summed E-state index contributed by atoms with van der Waals surface area (Å²) >= 11 is 0. The molecule has 0 bridgehead atoms. The van der Waals surface area contributed by atoms with Crippen LogP contribution in [0.2, 0.25) is 0 Å². The van der Waals surface area contributed by atoms with Gasteiger partial charge in [0.2, 0.25) is 0 Å². The minimum Gasteiger partial charge on any atom is -0.315 e. The van der Waals surface area contributed by atoms with Crippen LogP contribution in [0.3, 0.4) is 0 Å². The van der Waals surface area contributed by atoms with Gasteiger partial charge in [-0.05, 0) is 37.8 Å². The van der Waals surface area contributed by atoms with Gasteiger partial charge in [0.25, 0.3) is 0 Å². The van der Waals surface area contributed by atoms with E-state index >= 15 is 0 Å². The summed E-state index contributed by atoms with van der Waals surface area (Å²) in [7, 11) is 0. The first kappa shape index (κ1) is 25.9. The fourth-order valence-electron chi connectivity index (χ4n) is 1.67. The molecule has 0 aromatic heterocycles. The van der Waals surface area contributed by atoms with E-state index in [1.807, 2.05) is 13.8 Å². The first-order valence-corrected chi connectivity index (χ1v) is 9.39. The quantitative estimate of drug-likeness (QED) is 0.511. The van der Waals surface area contributed by atoms with Crippen LogP contribution in [0.5, 0.6) is 0 Å². The van der Waals surface area contributed by atoms with Crippen LogP contribution in [-0.4, -0.2) is 26.2 Å². The molecule has 0 unspecified atom stereocenters. The molecule has 2 nitrogen and oxygen atoms in total. The Kier molecular flexibility index (Phi) is 27.3. The lowest BCUT2D eigenvalue weighted by Gasteiger charge is -2.17. The summed E-state index contributed by atoms with van der Waals surface area (Å²) in [6.45, 7) is 22.0. The molecule has 21 heavy (non-hydrogen) atoms. The molecule has 0 radical (unpaired) electrons. The van der Waals surface area contributed by atoms with Gasteiger partial charge in [-0.15, -0.1) is 0 Å². The Morgan fingerprint density at radius 3 is 1.48 bits per heavy atom. The fraction of sp³-hybridized carbons (Fsp3) is 1.00. The Labute approximate surface area is 136 Å². The highest BCUT2D eigenvalue weighted by molar-refractivity contribution is 4.62. The van der Waals surface area contributed by atoms with Gasteiger partial charge in [-0.3, -0.25) is 0 Å². The van der Waals surface area contributed by atoms with E-state index < -0.39 is 0 Å². The molecule has 0 amide bonds. The van der Waals surface area contributed by atoms with E-state index in [2.05, 4.69) is 52.2 Å². The van der Waals surface area contributed by atoms with Gasteiger partial charge in [0, 0.05) is 13.1 Å². The number of rotatable bonds is 10. The van der Waals surface area contributed by atoms with Crippen molar-refractivity contribution in [3.05, 3.63) is 0 Å². The van der Waals surface area contributed by atoms with Crippen LogP contribution in [0.15, 0.2) is 0 Å². The van der Waals surface area contributed by atoms with Crippen molar-refractivity contribution in [1.82, 2.24) is 10.6 Å². The molecular formula is C19H46N2. The molecule has 0 aromatic rings. The van der Waals surface area contributed by atoms with Crippen LogP contribution in [0.1, 0.15) is 93.9 Å². The van der Waals surface area contributed by atoms with E-state index in [-0.39, 0.29) is 0 Å². The molecule has 2 heteroatoms. The van der Waals surface area contributed by atoms with Gasteiger partial charge < -0.3 is 10.6 Å². The van der Waals surface area contributed by atoms with E-state index in [0.717, 1.165) is 19.6 Å². The van der Waals surface area contributed by atoms with Crippen molar-refractivity contribution in [2.75, 3.05) is 26.2 Å². The van der Waals surface area contributed by atoms with E-state index in [1.165, 1.54) is 45.1 Å². The Morgan fingerprint density at radius 1 is 0.667 bits per heavy atom. The first-order valence-electron chi connectivity index (χ1n) is 9.39. The van der Waals surface area contributed by atoms with Crippen LogP contribution in [0.25, 0.3) is 0 Å². The van der Waals surface area contributed by atoms with Crippen LogP contribution in [0, 0.1) is 5.41 Å². The summed E-state index contributed by atoms with van der Waals surface area (Å²) in [6, 6.07) is 0. The van der Waals surface area contributed by atoms with Crippen LogP contribution in [-0.2, 0) is 0 Å². The lowest BCUT2D eigenvalue weighted by Crippen LogP contribution is -2.28. The molecule has 0 aliphatic carbocycles.